The SMILES string of the molecule is CC1CC(NCCCC(CCN)C(C)C)C1. The van der Waals surface area contributed by atoms with E-state index in [4.69, 9.17) is 5.73 Å². The van der Waals surface area contributed by atoms with Gasteiger partial charge in [-0.05, 0) is 62.9 Å². The first-order valence-corrected chi connectivity index (χ1v) is 7.07. The molecule has 0 aliphatic heterocycles. The second-order valence-electron chi connectivity index (χ2n) is 5.95. The van der Waals surface area contributed by atoms with E-state index in [-0.39, 0.29) is 0 Å². The summed E-state index contributed by atoms with van der Waals surface area (Å²) in [6.07, 6.45) is 6.61. The Bertz CT molecular complexity index is 174. The highest BCUT2D eigenvalue weighted by molar-refractivity contribution is 4.82. The highest BCUT2D eigenvalue weighted by atomic mass is 14.9. The first-order chi connectivity index (χ1) is 7.63. The summed E-state index contributed by atoms with van der Waals surface area (Å²) >= 11 is 0. The van der Waals surface area contributed by atoms with Gasteiger partial charge in [-0.2, -0.15) is 0 Å². The molecule has 0 aromatic heterocycles. The van der Waals surface area contributed by atoms with Crippen LogP contribution < -0.4 is 11.1 Å². The third kappa shape index (κ3) is 4.84. The van der Waals surface area contributed by atoms with Crippen LogP contribution in [-0.2, 0) is 0 Å². The van der Waals surface area contributed by atoms with Gasteiger partial charge in [-0.25, -0.2) is 0 Å². The molecular weight excluding hydrogens is 196 g/mol. The Morgan fingerprint density at radius 3 is 2.44 bits per heavy atom. The van der Waals surface area contributed by atoms with Crippen molar-refractivity contribution in [2.75, 3.05) is 13.1 Å². The van der Waals surface area contributed by atoms with Gasteiger partial charge in [0.05, 0.1) is 0 Å². The van der Waals surface area contributed by atoms with E-state index >= 15 is 0 Å². The molecule has 1 fully saturated rings. The Balaban J connectivity index is 2.00. The quantitative estimate of drug-likeness (QED) is 0.625. The maximum Gasteiger partial charge on any atom is 0.00721 e. The van der Waals surface area contributed by atoms with Crippen LogP contribution in [-0.4, -0.2) is 19.1 Å². The molecule has 0 heterocycles. The Kier molecular flexibility index (Phi) is 6.37. The molecule has 2 nitrogen and oxygen atoms in total. The number of nitrogens with one attached hydrogen (secondary N) is 1. The van der Waals surface area contributed by atoms with Gasteiger partial charge in [-0.1, -0.05) is 20.8 Å². The maximum absolute atomic E-state index is 5.65. The second-order valence-corrected chi connectivity index (χ2v) is 5.95. The number of rotatable bonds is 8. The molecule has 0 saturated heterocycles. The maximum atomic E-state index is 5.65. The molecule has 1 rings (SSSR count). The topological polar surface area (TPSA) is 38.0 Å². The molecule has 0 bridgehead atoms. The molecule has 1 aliphatic carbocycles. The second kappa shape index (κ2) is 7.29. The fraction of sp³-hybridized carbons (Fsp3) is 1.00. The highest BCUT2D eigenvalue weighted by Gasteiger charge is 2.24. The lowest BCUT2D eigenvalue weighted by molar-refractivity contribution is 0.237. The van der Waals surface area contributed by atoms with Crippen molar-refractivity contribution in [1.29, 1.82) is 0 Å². The molecular formula is C14H30N2. The molecule has 3 N–H and O–H groups in total. The van der Waals surface area contributed by atoms with Gasteiger partial charge in [0, 0.05) is 6.04 Å². The highest BCUT2D eigenvalue weighted by Crippen LogP contribution is 2.26. The van der Waals surface area contributed by atoms with Gasteiger partial charge >= 0.3 is 0 Å². The Morgan fingerprint density at radius 2 is 1.94 bits per heavy atom. The van der Waals surface area contributed by atoms with Gasteiger partial charge < -0.3 is 11.1 Å². The van der Waals surface area contributed by atoms with Crippen LogP contribution in [0.2, 0.25) is 0 Å². The van der Waals surface area contributed by atoms with E-state index in [9.17, 15) is 0 Å². The minimum Gasteiger partial charge on any atom is -0.330 e. The molecule has 0 amide bonds. The van der Waals surface area contributed by atoms with E-state index < -0.39 is 0 Å². The van der Waals surface area contributed by atoms with E-state index in [2.05, 4.69) is 26.1 Å². The zero-order valence-corrected chi connectivity index (χ0v) is 11.3. The van der Waals surface area contributed by atoms with E-state index in [1.54, 1.807) is 0 Å². The first-order valence-electron chi connectivity index (χ1n) is 7.07. The lowest BCUT2D eigenvalue weighted by atomic mass is 9.82. The largest absolute Gasteiger partial charge is 0.330 e. The molecule has 1 saturated carbocycles. The Morgan fingerprint density at radius 1 is 1.25 bits per heavy atom. The van der Waals surface area contributed by atoms with Crippen LogP contribution >= 0.6 is 0 Å². The summed E-state index contributed by atoms with van der Waals surface area (Å²) in [5, 5.41) is 3.65. The molecule has 1 aliphatic rings. The Hall–Kier alpha value is -0.0800. The molecule has 0 aromatic carbocycles. The average molecular weight is 226 g/mol. The lowest BCUT2D eigenvalue weighted by Crippen LogP contribution is -2.40. The zero-order chi connectivity index (χ0) is 12.0. The van der Waals surface area contributed by atoms with Crippen LogP contribution in [0.15, 0.2) is 0 Å². The predicted octanol–water partition coefficient (Wildman–Crippen LogP) is 2.78. The summed E-state index contributed by atoms with van der Waals surface area (Å²) < 4.78 is 0. The van der Waals surface area contributed by atoms with Crippen molar-refractivity contribution in [3.8, 4) is 0 Å². The van der Waals surface area contributed by atoms with Crippen molar-refractivity contribution < 1.29 is 0 Å². The smallest absolute Gasteiger partial charge is 0.00721 e. The molecule has 0 radical (unpaired) electrons. The molecule has 2 heteroatoms. The summed E-state index contributed by atoms with van der Waals surface area (Å²) in [6, 6.07) is 0.821. The van der Waals surface area contributed by atoms with E-state index in [0.29, 0.717) is 0 Å². The summed E-state index contributed by atoms with van der Waals surface area (Å²) in [6.45, 7) is 9.03. The normalized spacial score (nSPS) is 26.8. The van der Waals surface area contributed by atoms with Crippen molar-refractivity contribution >= 4 is 0 Å². The van der Waals surface area contributed by atoms with Crippen molar-refractivity contribution in [3.05, 3.63) is 0 Å². The zero-order valence-electron chi connectivity index (χ0n) is 11.3. The minimum absolute atomic E-state index is 0.785. The fourth-order valence-corrected chi connectivity index (χ4v) is 2.76. The number of hydrogen-bond donors (Lipinski definition) is 2. The van der Waals surface area contributed by atoms with Gasteiger partial charge in [0.1, 0.15) is 0 Å². The fourth-order valence-electron chi connectivity index (χ4n) is 2.76. The summed E-state index contributed by atoms with van der Waals surface area (Å²) in [4.78, 5) is 0. The molecule has 1 unspecified atom stereocenters. The van der Waals surface area contributed by atoms with E-state index in [0.717, 1.165) is 30.3 Å². The lowest BCUT2D eigenvalue weighted by Gasteiger charge is -2.33. The van der Waals surface area contributed by atoms with Gasteiger partial charge in [-0.3, -0.25) is 0 Å². The van der Waals surface area contributed by atoms with Gasteiger partial charge in [0.15, 0.2) is 0 Å². The van der Waals surface area contributed by atoms with Crippen LogP contribution in [0.25, 0.3) is 0 Å². The summed E-state index contributed by atoms with van der Waals surface area (Å²) in [7, 11) is 0. The average Bonchev–Trinajstić information content (AvgIpc) is 2.19. The Labute approximate surface area is 101 Å². The van der Waals surface area contributed by atoms with Crippen molar-refractivity contribution in [2.24, 2.45) is 23.5 Å². The van der Waals surface area contributed by atoms with Crippen LogP contribution in [0.1, 0.15) is 52.9 Å². The van der Waals surface area contributed by atoms with Crippen LogP contribution in [0, 0.1) is 17.8 Å². The monoisotopic (exact) mass is 226 g/mol. The number of hydrogen-bond acceptors (Lipinski definition) is 2. The third-order valence-corrected chi connectivity index (χ3v) is 4.04. The van der Waals surface area contributed by atoms with Gasteiger partial charge in [0.2, 0.25) is 0 Å². The van der Waals surface area contributed by atoms with Crippen molar-refractivity contribution in [1.82, 2.24) is 5.32 Å². The molecule has 0 aromatic rings. The van der Waals surface area contributed by atoms with Crippen LogP contribution in [0.5, 0.6) is 0 Å². The summed E-state index contributed by atoms with van der Waals surface area (Å²) in [5.41, 5.74) is 5.65. The number of nitrogens with two attached hydrogens (primary N) is 1. The van der Waals surface area contributed by atoms with Crippen LogP contribution in [0.4, 0.5) is 0 Å². The standard InChI is InChI=1S/C14H30N2/c1-11(2)13(6-7-15)5-4-8-16-14-9-12(3)10-14/h11-14,16H,4-10,15H2,1-3H3. The third-order valence-electron chi connectivity index (χ3n) is 4.04. The minimum atomic E-state index is 0.785. The molecule has 16 heavy (non-hydrogen) atoms. The van der Waals surface area contributed by atoms with Crippen LogP contribution in [0.3, 0.4) is 0 Å². The molecule has 1 atom stereocenters. The molecule has 0 spiro atoms. The van der Waals surface area contributed by atoms with Crippen molar-refractivity contribution in [2.45, 2.75) is 58.9 Å². The predicted molar refractivity (Wildman–Crippen MR) is 71.4 cm³/mol. The van der Waals surface area contributed by atoms with Gasteiger partial charge in [-0.15, -0.1) is 0 Å². The van der Waals surface area contributed by atoms with E-state index in [1.807, 2.05) is 0 Å². The van der Waals surface area contributed by atoms with Gasteiger partial charge in [0.25, 0.3) is 0 Å². The molecule has 96 valence electrons. The summed E-state index contributed by atoms with van der Waals surface area (Å²) in [5.74, 6) is 2.57. The first kappa shape index (κ1) is 14.0. The van der Waals surface area contributed by atoms with Crippen molar-refractivity contribution in [3.63, 3.8) is 0 Å². The van der Waals surface area contributed by atoms with E-state index in [1.165, 1.54) is 38.6 Å².